The number of hydrogen-bond acceptors (Lipinski definition) is 1. The molecule has 2 aromatic rings. The highest BCUT2D eigenvalue weighted by Gasteiger charge is 2.22. The van der Waals surface area contributed by atoms with Gasteiger partial charge in [0.15, 0.2) is 0 Å². The fourth-order valence-corrected chi connectivity index (χ4v) is 2.70. The molecule has 0 aliphatic heterocycles. The zero-order valence-electron chi connectivity index (χ0n) is 10.4. The molecule has 18 heavy (non-hydrogen) atoms. The Labute approximate surface area is 111 Å². The summed E-state index contributed by atoms with van der Waals surface area (Å²) in [6.45, 7) is 4.62. The van der Waals surface area contributed by atoms with Gasteiger partial charge in [-0.3, -0.25) is 4.79 Å². The van der Waals surface area contributed by atoms with Gasteiger partial charge in [-0.25, -0.2) is 0 Å². The van der Waals surface area contributed by atoms with Crippen LogP contribution in [0.25, 0.3) is 11.3 Å². The molecule has 0 aliphatic carbocycles. The maximum atomic E-state index is 11.5. The molecule has 0 bridgehead atoms. The second kappa shape index (κ2) is 4.86. The van der Waals surface area contributed by atoms with E-state index in [1.54, 1.807) is 0 Å². The van der Waals surface area contributed by atoms with Crippen molar-refractivity contribution in [2.75, 3.05) is 0 Å². The summed E-state index contributed by atoms with van der Waals surface area (Å²) < 4.78 is 2.01. The third-order valence-corrected chi connectivity index (χ3v) is 3.44. The highest BCUT2D eigenvalue weighted by atomic mass is 35.5. The summed E-state index contributed by atoms with van der Waals surface area (Å²) in [5, 5.41) is 0.438. The first-order valence-corrected chi connectivity index (χ1v) is 6.19. The van der Waals surface area contributed by atoms with E-state index in [1.165, 1.54) is 0 Å². The second-order valence-electron chi connectivity index (χ2n) is 4.10. The Hall–Kier alpha value is -1.74. The summed E-state index contributed by atoms with van der Waals surface area (Å²) in [5.41, 5.74) is 8.46. The number of rotatable bonds is 3. The van der Waals surface area contributed by atoms with Crippen LogP contribution in [0.2, 0.25) is 5.02 Å². The second-order valence-corrected chi connectivity index (χ2v) is 4.48. The molecular formula is C14H15ClN2O. The Balaban J connectivity index is 2.75. The topological polar surface area (TPSA) is 48.0 Å². The molecule has 1 aromatic heterocycles. The van der Waals surface area contributed by atoms with E-state index in [9.17, 15) is 4.79 Å². The molecule has 2 N–H and O–H groups in total. The first-order chi connectivity index (χ1) is 8.57. The molecule has 0 fully saturated rings. The van der Waals surface area contributed by atoms with Crippen molar-refractivity contribution in [3.05, 3.63) is 46.6 Å². The van der Waals surface area contributed by atoms with E-state index >= 15 is 0 Å². The average Bonchev–Trinajstić information content (AvgIpc) is 2.61. The first kappa shape index (κ1) is 12.7. The molecule has 0 atom stereocenters. The van der Waals surface area contributed by atoms with Crippen LogP contribution in [-0.4, -0.2) is 10.5 Å². The number of benzene rings is 1. The molecule has 2 rings (SSSR count). The van der Waals surface area contributed by atoms with Crippen molar-refractivity contribution in [3.8, 4) is 11.3 Å². The third kappa shape index (κ3) is 1.91. The van der Waals surface area contributed by atoms with Gasteiger partial charge in [0.05, 0.1) is 16.3 Å². The number of carbonyl (C=O) groups is 1. The predicted molar refractivity (Wildman–Crippen MR) is 73.8 cm³/mol. The predicted octanol–water partition coefficient (Wildman–Crippen LogP) is 3.24. The summed E-state index contributed by atoms with van der Waals surface area (Å²) in [6, 6.07) is 9.77. The van der Waals surface area contributed by atoms with Crippen molar-refractivity contribution in [1.82, 2.24) is 4.57 Å². The number of nitrogens with zero attached hydrogens (tertiary/aromatic N) is 1. The fraction of sp³-hybridized carbons (Fsp3) is 0.214. The van der Waals surface area contributed by atoms with E-state index < -0.39 is 5.91 Å². The van der Waals surface area contributed by atoms with Gasteiger partial charge in [0.25, 0.3) is 5.91 Å². The minimum Gasteiger partial charge on any atom is -0.365 e. The normalized spacial score (nSPS) is 10.6. The molecule has 1 aromatic carbocycles. The van der Waals surface area contributed by atoms with Gasteiger partial charge in [-0.15, -0.1) is 0 Å². The molecule has 1 heterocycles. The van der Waals surface area contributed by atoms with Gasteiger partial charge < -0.3 is 10.3 Å². The van der Waals surface area contributed by atoms with E-state index in [1.807, 2.05) is 48.7 Å². The maximum absolute atomic E-state index is 11.5. The van der Waals surface area contributed by atoms with Crippen LogP contribution in [0, 0.1) is 6.92 Å². The number of primary amides is 1. The summed E-state index contributed by atoms with van der Waals surface area (Å²) in [4.78, 5) is 11.5. The van der Waals surface area contributed by atoms with Gasteiger partial charge in [-0.05, 0) is 19.4 Å². The molecule has 0 spiro atoms. The van der Waals surface area contributed by atoms with Crippen LogP contribution >= 0.6 is 11.6 Å². The van der Waals surface area contributed by atoms with Crippen molar-refractivity contribution >= 4 is 17.5 Å². The van der Waals surface area contributed by atoms with Gasteiger partial charge in [0.1, 0.15) is 0 Å². The standard InChI is InChI=1S/C14H15ClN2O/c1-3-17-9(2)11(14(16)18)12(15)13(17)10-7-5-4-6-8-10/h4-8H,3H2,1-2H3,(H2,16,18). The zero-order chi connectivity index (χ0) is 13.3. The van der Waals surface area contributed by atoms with E-state index in [-0.39, 0.29) is 0 Å². The number of halogens is 1. The third-order valence-electron chi connectivity index (χ3n) is 3.07. The van der Waals surface area contributed by atoms with Crippen LogP contribution in [0.3, 0.4) is 0 Å². The molecule has 0 unspecified atom stereocenters. The summed E-state index contributed by atoms with van der Waals surface area (Å²) in [7, 11) is 0. The lowest BCUT2D eigenvalue weighted by Crippen LogP contribution is -2.12. The molecule has 1 amide bonds. The first-order valence-electron chi connectivity index (χ1n) is 5.81. The van der Waals surface area contributed by atoms with Crippen LogP contribution < -0.4 is 5.73 Å². The lowest BCUT2D eigenvalue weighted by molar-refractivity contribution is 0.1000. The van der Waals surface area contributed by atoms with E-state index in [0.717, 1.165) is 23.5 Å². The quantitative estimate of drug-likeness (QED) is 0.907. The van der Waals surface area contributed by atoms with E-state index in [4.69, 9.17) is 17.3 Å². The Morgan fingerprint density at radius 3 is 2.44 bits per heavy atom. The number of carbonyl (C=O) groups excluding carboxylic acids is 1. The molecule has 4 heteroatoms. The van der Waals surface area contributed by atoms with Gasteiger partial charge in [-0.2, -0.15) is 0 Å². The van der Waals surface area contributed by atoms with Crippen molar-refractivity contribution in [2.24, 2.45) is 5.73 Å². The summed E-state index contributed by atoms with van der Waals surface area (Å²) in [6.07, 6.45) is 0. The largest absolute Gasteiger partial charge is 0.365 e. The zero-order valence-corrected chi connectivity index (χ0v) is 11.2. The van der Waals surface area contributed by atoms with Crippen molar-refractivity contribution in [3.63, 3.8) is 0 Å². The lowest BCUT2D eigenvalue weighted by Gasteiger charge is -2.09. The fourth-order valence-electron chi connectivity index (χ4n) is 2.26. The molecule has 94 valence electrons. The molecule has 0 saturated heterocycles. The van der Waals surface area contributed by atoms with Gasteiger partial charge in [-0.1, -0.05) is 41.9 Å². The van der Waals surface area contributed by atoms with Crippen molar-refractivity contribution in [2.45, 2.75) is 20.4 Å². The summed E-state index contributed by atoms with van der Waals surface area (Å²) >= 11 is 6.32. The van der Waals surface area contributed by atoms with Crippen LogP contribution in [0.1, 0.15) is 23.0 Å². The average molecular weight is 263 g/mol. The number of aromatic nitrogens is 1. The minimum atomic E-state index is -0.484. The Morgan fingerprint density at radius 1 is 1.33 bits per heavy atom. The number of hydrogen-bond donors (Lipinski definition) is 1. The molecular weight excluding hydrogens is 248 g/mol. The lowest BCUT2D eigenvalue weighted by atomic mass is 10.1. The Morgan fingerprint density at radius 2 is 1.94 bits per heavy atom. The van der Waals surface area contributed by atoms with Crippen molar-refractivity contribution < 1.29 is 4.79 Å². The SMILES string of the molecule is CCn1c(C)c(C(N)=O)c(Cl)c1-c1ccccc1. The Bertz CT molecular complexity index is 588. The highest BCUT2D eigenvalue weighted by molar-refractivity contribution is 6.36. The Kier molecular flexibility index (Phi) is 3.43. The number of nitrogens with two attached hydrogens (primary N) is 1. The van der Waals surface area contributed by atoms with E-state index in [2.05, 4.69) is 0 Å². The van der Waals surface area contributed by atoms with Gasteiger partial charge in [0.2, 0.25) is 0 Å². The maximum Gasteiger partial charge on any atom is 0.252 e. The van der Waals surface area contributed by atoms with Crippen molar-refractivity contribution in [1.29, 1.82) is 0 Å². The molecule has 0 saturated carbocycles. The molecule has 3 nitrogen and oxygen atoms in total. The summed E-state index contributed by atoms with van der Waals surface area (Å²) in [5.74, 6) is -0.484. The van der Waals surface area contributed by atoms with Crippen LogP contribution in [0.4, 0.5) is 0 Å². The smallest absolute Gasteiger partial charge is 0.252 e. The van der Waals surface area contributed by atoms with Crippen LogP contribution in [0.15, 0.2) is 30.3 Å². The minimum absolute atomic E-state index is 0.414. The molecule has 0 radical (unpaired) electrons. The highest BCUT2D eigenvalue weighted by Crippen LogP contribution is 2.35. The molecule has 0 aliphatic rings. The monoisotopic (exact) mass is 262 g/mol. The van der Waals surface area contributed by atoms with Gasteiger partial charge in [0, 0.05) is 12.2 Å². The van der Waals surface area contributed by atoms with E-state index in [0.29, 0.717) is 10.6 Å². The van der Waals surface area contributed by atoms with Gasteiger partial charge >= 0.3 is 0 Å². The van der Waals surface area contributed by atoms with Crippen LogP contribution in [-0.2, 0) is 6.54 Å². The van der Waals surface area contributed by atoms with Crippen LogP contribution in [0.5, 0.6) is 0 Å². The number of amides is 1.